The van der Waals surface area contributed by atoms with Gasteiger partial charge in [0.15, 0.2) is 6.29 Å². The molecule has 9 nitrogen and oxygen atoms in total. The number of amides is 1. The van der Waals surface area contributed by atoms with Crippen molar-refractivity contribution in [2.75, 3.05) is 13.2 Å². The fourth-order valence-electron chi connectivity index (χ4n) is 6.86. The number of aliphatic hydroxyl groups excluding tert-OH is 5. The lowest BCUT2D eigenvalue weighted by molar-refractivity contribution is -0.302. The van der Waals surface area contributed by atoms with E-state index >= 15 is 0 Å². The maximum Gasteiger partial charge on any atom is 0.220 e. The summed E-state index contributed by atoms with van der Waals surface area (Å²) in [5.74, 6) is -0.153. The maximum atomic E-state index is 12.9. The average molecular weight is 728 g/mol. The molecule has 1 rings (SSSR count). The largest absolute Gasteiger partial charge is 0.394 e. The Hall–Kier alpha value is -1.07. The van der Waals surface area contributed by atoms with E-state index in [-0.39, 0.29) is 12.5 Å². The normalized spacial score (nSPS) is 22.1. The third-order valence-electron chi connectivity index (χ3n) is 10.4. The molecule has 51 heavy (non-hydrogen) atoms. The van der Waals surface area contributed by atoms with Gasteiger partial charge in [0.05, 0.1) is 25.4 Å². The molecule has 9 heteroatoms. The summed E-state index contributed by atoms with van der Waals surface area (Å²) in [4.78, 5) is 12.9. The third kappa shape index (κ3) is 24.8. The molecule has 302 valence electrons. The molecule has 7 unspecified atom stereocenters. The first-order chi connectivity index (χ1) is 24.8. The summed E-state index contributed by atoms with van der Waals surface area (Å²) < 4.78 is 11.2. The van der Waals surface area contributed by atoms with E-state index in [1.807, 2.05) is 0 Å². The van der Waals surface area contributed by atoms with Crippen LogP contribution in [0.15, 0.2) is 12.2 Å². The van der Waals surface area contributed by atoms with Crippen LogP contribution in [0.2, 0.25) is 0 Å². The summed E-state index contributed by atoms with van der Waals surface area (Å²) in [6.45, 7) is 3.81. The zero-order valence-electron chi connectivity index (χ0n) is 32.9. The molecule has 7 atom stereocenters. The number of aliphatic hydroxyl groups is 5. The van der Waals surface area contributed by atoms with E-state index < -0.39 is 49.5 Å². The second-order valence-electron chi connectivity index (χ2n) is 15.1. The lowest BCUT2D eigenvalue weighted by Gasteiger charge is -2.40. The minimum Gasteiger partial charge on any atom is -0.394 e. The van der Waals surface area contributed by atoms with Crippen LogP contribution in [0.5, 0.6) is 0 Å². The SMILES string of the molecule is CCCCCCCCC/C=C\CCCCCCCC(=O)NC(COC1OC(CO)C(O)C(O)C1O)C(O)CCCCCCCCCCCCCC. The highest BCUT2D eigenvalue weighted by Crippen LogP contribution is 2.23. The average Bonchev–Trinajstić information content (AvgIpc) is 3.13. The fraction of sp³-hybridized carbons (Fsp3) is 0.929. The topological polar surface area (TPSA) is 149 Å². The van der Waals surface area contributed by atoms with Crippen molar-refractivity contribution in [3.05, 3.63) is 12.2 Å². The molecule has 1 aliphatic heterocycles. The summed E-state index contributed by atoms with van der Waals surface area (Å²) in [5, 5.41) is 54.2. The zero-order valence-corrected chi connectivity index (χ0v) is 32.9. The Morgan fingerprint density at radius 1 is 0.647 bits per heavy atom. The van der Waals surface area contributed by atoms with Crippen LogP contribution in [0.1, 0.15) is 194 Å². The van der Waals surface area contributed by atoms with Crippen molar-refractivity contribution in [3.63, 3.8) is 0 Å². The molecule has 0 aliphatic carbocycles. The number of unbranched alkanes of at least 4 members (excludes halogenated alkanes) is 23. The smallest absolute Gasteiger partial charge is 0.220 e. The standard InChI is InChI=1S/C42H81NO8/c1-3-5-7-9-11-13-15-17-18-19-20-22-24-26-28-30-32-38(46)43-35(34-50-42-41(49)40(48)39(47)37(33-44)51-42)36(45)31-29-27-25-23-21-16-14-12-10-8-6-4-2/h18-19,35-37,39-42,44-45,47-49H,3-17,20-34H2,1-2H3,(H,43,46)/b19-18-. The predicted molar refractivity (Wildman–Crippen MR) is 207 cm³/mol. The Morgan fingerprint density at radius 2 is 1.10 bits per heavy atom. The predicted octanol–water partition coefficient (Wildman–Crippen LogP) is 8.17. The molecule has 1 heterocycles. The van der Waals surface area contributed by atoms with Crippen molar-refractivity contribution in [2.45, 2.75) is 236 Å². The van der Waals surface area contributed by atoms with Gasteiger partial charge in [-0.1, -0.05) is 161 Å². The molecular weight excluding hydrogens is 646 g/mol. The number of carbonyl (C=O) groups excluding carboxylic acids is 1. The minimum absolute atomic E-state index is 0.139. The van der Waals surface area contributed by atoms with E-state index in [2.05, 4.69) is 31.3 Å². The van der Waals surface area contributed by atoms with Crippen LogP contribution in [-0.2, 0) is 14.3 Å². The van der Waals surface area contributed by atoms with Gasteiger partial charge in [-0.2, -0.15) is 0 Å². The molecule has 1 amide bonds. The number of allylic oxidation sites excluding steroid dienone is 2. The van der Waals surface area contributed by atoms with Gasteiger partial charge in [0.2, 0.25) is 5.91 Å². The number of hydrogen-bond acceptors (Lipinski definition) is 8. The van der Waals surface area contributed by atoms with Gasteiger partial charge < -0.3 is 40.3 Å². The summed E-state index contributed by atoms with van der Waals surface area (Å²) in [5.41, 5.74) is 0. The molecule has 6 N–H and O–H groups in total. The highest BCUT2D eigenvalue weighted by Gasteiger charge is 2.44. The molecular formula is C42H81NO8. The zero-order chi connectivity index (χ0) is 37.4. The van der Waals surface area contributed by atoms with Crippen LogP contribution in [0.25, 0.3) is 0 Å². The van der Waals surface area contributed by atoms with E-state index in [1.54, 1.807) is 0 Å². The third-order valence-corrected chi connectivity index (χ3v) is 10.4. The highest BCUT2D eigenvalue weighted by atomic mass is 16.7. The van der Waals surface area contributed by atoms with Crippen molar-refractivity contribution in [3.8, 4) is 0 Å². The highest BCUT2D eigenvalue weighted by molar-refractivity contribution is 5.76. The van der Waals surface area contributed by atoms with Crippen molar-refractivity contribution in [2.24, 2.45) is 0 Å². The lowest BCUT2D eigenvalue weighted by Crippen LogP contribution is -2.60. The van der Waals surface area contributed by atoms with Crippen molar-refractivity contribution < 1.29 is 39.8 Å². The lowest BCUT2D eigenvalue weighted by atomic mass is 9.99. The quantitative estimate of drug-likeness (QED) is 0.0283. The molecule has 0 aromatic heterocycles. The van der Waals surface area contributed by atoms with Crippen molar-refractivity contribution >= 4 is 5.91 Å². The van der Waals surface area contributed by atoms with E-state index in [9.17, 15) is 30.3 Å². The number of hydrogen-bond donors (Lipinski definition) is 6. The van der Waals surface area contributed by atoms with Crippen molar-refractivity contribution in [1.29, 1.82) is 0 Å². The van der Waals surface area contributed by atoms with Gasteiger partial charge in [0.1, 0.15) is 24.4 Å². The fourth-order valence-corrected chi connectivity index (χ4v) is 6.86. The minimum atomic E-state index is -1.55. The molecule has 0 saturated carbocycles. The van der Waals surface area contributed by atoms with Crippen LogP contribution in [0.4, 0.5) is 0 Å². The van der Waals surface area contributed by atoms with Gasteiger partial charge in [0, 0.05) is 6.42 Å². The van der Waals surface area contributed by atoms with Gasteiger partial charge in [-0.3, -0.25) is 4.79 Å². The van der Waals surface area contributed by atoms with Crippen LogP contribution in [0.3, 0.4) is 0 Å². The number of ether oxygens (including phenoxy) is 2. The Balaban J connectivity index is 2.37. The van der Waals surface area contributed by atoms with Crippen LogP contribution < -0.4 is 5.32 Å². The molecule has 1 fully saturated rings. The van der Waals surface area contributed by atoms with Gasteiger partial charge in [0.25, 0.3) is 0 Å². The van der Waals surface area contributed by atoms with Gasteiger partial charge in [-0.05, 0) is 38.5 Å². The summed E-state index contributed by atoms with van der Waals surface area (Å²) in [7, 11) is 0. The molecule has 1 saturated heterocycles. The second-order valence-corrected chi connectivity index (χ2v) is 15.1. The van der Waals surface area contributed by atoms with Gasteiger partial charge in [-0.15, -0.1) is 0 Å². The number of nitrogens with one attached hydrogen (secondary N) is 1. The second kappa shape index (κ2) is 33.5. The van der Waals surface area contributed by atoms with Crippen molar-refractivity contribution in [1.82, 2.24) is 5.32 Å². The van der Waals surface area contributed by atoms with E-state index in [0.29, 0.717) is 12.8 Å². The Bertz CT molecular complexity index is 812. The molecule has 0 bridgehead atoms. The van der Waals surface area contributed by atoms with E-state index in [4.69, 9.17) is 9.47 Å². The summed E-state index contributed by atoms with van der Waals surface area (Å²) in [6, 6.07) is -0.717. The van der Waals surface area contributed by atoms with E-state index in [0.717, 1.165) is 51.4 Å². The first-order valence-corrected chi connectivity index (χ1v) is 21.4. The van der Waals surface area contributed by atoms with Crippen LogP contribution in [0, 0.1) is 0 Å². The molecule has 0 aromatic rings. The van der Waals surface area contributed by atoms with Gasteiger partial charge >= 0.3 is 0 Å². The molecule has 0 spiro atoms. The monoisotopic (exact) mass is 728 g/mol. The first-order valence-electron chi connectivity index (χ1n) is 21.4. The summed E-state index contributed by atoms with van der Waals surface area (Å²) in [6.07, 6.45) is 29.3. The number of carbonyl (C=O) groups is 1. The molecule has 0 radical (unpaired) electrons. The Morgan fingerprint density at radius 3 is 1.59 bits per heavy atom. The Kier molecular flexibility index (Phi) is 31.5. The molecule has 1 aliphatic rings. The summed E-state index contributed by atoms with van der Waals surface area (Å²) >= 11 is 0. The first kappa shape index (κ1) is 48.0. The van der Waals surface area contributed by atoms with E-state index in [1.165, 1.54) is 116 Å². The van der Waals surface area contributed by atoms with Gasteiger partial charge in [-0.25, -0.2) is 0 Å². The number of rotatable bonds is 35. The van der Waals surface area contributed by atoms with Crippen LogP contribution in [-0.4, -0.2) is 87.5 Å². The van der Waals surface area contributed by atoms with Crippen LogP contribution >= 0.6 is 0 Å². The maximum absolute atomic E-state index is 12.9. The molecule has 0 aromatic carbocycles. The Labute approximate surface area is 312 Å².